The predicted octanol–water partition coefficient (Wildman–Crippen LogP) is 5.55. The van der Waals surface area contributed by atoms with Crippen molar-refractivity contribution in [1.82, 2.24) is 14.8 Å². The average molecular weight is 419 g/mol. The Bertz CT molecular complexity index is 1250. The summed E-state index contributed by atoms with van der Waals surface area (Å²) in [5.74, 6) is 1.56. The molecule has 142 valence electrons. The molecule has 2 aromatic heterocycles. The van der Waals surface area contributed by atoms with Gasteiger partial charge in [0.25, 0.3) is 0 Å². The van der Waals surface area contributed by atoms with Crippen molar-refractivity contribution in [2.75, 3.05) is 5.32 Å². The molecule has 6 rings (SSSR count). The molecule has 4 aromatic rings. The second-order valence-electron chi connectivity index (χ2n) is 6.95. The SMILES string of the molecule is Clc1cccc([C@H]2Oc3ccccc3C3=C2[C@H](c2cccs2)n2ncnc2N3)c1. The van der Waals surface area contributed by atoms with Gasteiger partial charge in [0.05, 0.1) is 5.70 Å². The summed E-state index contributed by atoms with van der Waals surface area (Å²) in [6, 6.07) is 20.0. The van der Waals surface area contributed by atoms with E-state index in [9.17, 15) is 0 Å². The highest BCUT2D eigenvalue weighted by molar-refractivity contribution is 7.10. The summed E-state index contributed by atoms with van der Waals surface area (Å²) in [7, 11) is 0. The topological polar surface area (TPSA) is 52.0 Å². The Morgan fingerprint density at radius 1 is 1.07 bits per heavy atom. The predicted molar refractivity (Wildman–Crippen MR) is 114 cm³/mol. The fraction of sp³-hybridized carbons (Fsp3) is 0.0909. The van der Waals surface area contributed by atoms with E-state index in [0.29, 0.717) is 5.02 Å². The van der Waals surface area contributed by atoms with Crippen molar-refractivity contribution in [2.24, 2.45) is 0 Å². The molecule has 0 fully saturated rings. The van der Waals surface area contributed by atoms with Gasteiger partial charge in [-0.1, -0.05) is 41.9 Å². The van der Waals surface area contributed by atoms with Gasteiger partial charge in [-0.3, -0.25) is 0 Å². The van der Waals surface area contributed by atoms with E-state index in [-0.39, 0.29) is 12.1 Å². The molecular weight excluding hydrogens is 404 g/mol. The van der Waals surface area contributed by atoms with Gasteiger partial charge >= 0.3 is 0 Å². The number of halogens is 1. The van der Waals surface area contributed by atoms with Crippen molar-refractivity contribution >= 4 is 34.6 Å². The smallest absolute Gasteiger partial charge is 0.226 e. The Balaban J connectivity index is 1.64. The molecule has 2 aliphatic rings. The standard InChI is InChI=1S/C22H15ClN4OS/c23-14-6-3-5-13(11-14)21-18-19(15-7-1-2-8-16(15)28-21)26-22-24-12-25-27(22)20(18)17-9-4-10-29-17/h1-12,20-21H,(H,24,25,26)/t20-,21+/m0/s1. The van der Waals surface area contributed by atoms with Crippen LogP contribution in [0.1, 0.15) is 28.1 Å². The van der Waals surface area contributed by atoms with E-state index in [1.807, 2.05) is 41.1 Å². The summed E-state index contributed by atoms with van der Waals surface area (Å²) >= 11 is 8.03. The van der Waals surface area contributed by atoms with Crippen LogP contribution in [-0.2, 0) is 0 Å². The van der Waals surface area contributed by atoms with Crippen molar-refractivity contribution < 1.29 is 4.74 Å². The molecule has 2 aromatic carbocycles. The summed E-state index contributed by atoms with van der Waals surface area (Å²) in [4.78, 5) is 5.62. The number of aromatic nitrogens is 3. The van der Waals surface area contributed by atoms with Gasteiger partial charge in [0.15, 0.2) is 0 Å². The Hall–Kier alpha value is -3.09. The number of ether oxygens (including phenoxy) is 1. The van der Waals surface area contributed by atoms with Crippen molar-refractivity contribution in [2.45, 2.75) is 12.1 Å². The van der Waals surface area contributed by atoms with Crippen LogP contribution in [0.5, 0.6) is 5.75 Å². The zero-order valence-corrected chi connectivity index (χ0v) is 16.7. The van der Waals surface area contributed by atoms with Crippen LogP contribution in [-0.4, -0.2) is 14.8 Å². The molecule has 1 N–H and O–H groups in total. The first kappa shape index (κ1) is 16.8. The second kappa shape index (κ2) is 6.47. The maximum absolute atomic E-state index is 6.55. The zero-order valence-electron chi connectivity index (χ0n) is 15.1. The second-order valence-corrected chi connectivity index (χ2v) is 8.37. The quantitative estimate of drug-likeness (QED) is 0.463. The molecule has 2 aliphatic heterocycles. The number of hydrogen-bond donors (Lipinski definition) is 1. The highest BCUT2D eigenvalue weighted by Gasteiger charge is 2.41. The highest BCUT2D eigenvalue weighted by atomic mass is 35.5. The molecule has 0 spiro atoms. The van der Waals surface area contributed by atoms with E-state index in [4.69, 9.17) is 16.3 Å². The Kier molecular flexibility index (Phi) is 3.76. The molecule has 0 saturated heterocycles. The summed E-state index contributed by atoms with van der Waals surface area (Å²) in [5, 5.41) is 10.8. The minimum absolute atomic E-state index is 0.110. The third kappa shape index (κ3) is 2.60. The van der Waals surface area contributed by atoms with E-state index in [2.05, 4.69) is 45.0 Å². The van der Waals surface area contributed by atoms with Crippen LogP contribution < -0.4 is 10.1 Å². The maximum Gasteiger partial charge on any atom is 0.226 e. The van der Waals surface area contributed by atoms with Crippen LogP contribution >= 0.6 is 22.9 Å². The first-order chi connectivity index (χ1) is 14.3. The molecule has 0 saturated carbocycles. The molecule has 2 atom stereocenters. The molecule has 0 radical (unpaired) electrons. The monoisotopic (exact) mass is 418 g/mol. The van der Waals surface area contributed by atoms with Gasteiger partial charge in [-0.25, -0.2) is 4.68 Å². The van der Waals surface area contributed by atoms with Crippen LogP contribution in [0.3, 0.4) is 0 Å². The number of thiophene rings is 1. The number of fused-ring (bicyclic) bond motifs is 3. The lowest BCUT2D eigenvalue weighted by Crippen LogP contribution is -2.32. The first-order valence-corrected chi connectivity index (χ1v) is 10.5. The zero-order chi connectivity index (χ0) is 19.4. The largest absolute Gasteiger partial charge is 0.480 e. The van der Waals surface area contributed by atoms with Crippen LogP contribution in [0, 0.1) is 0 Å². The minimum Gasteiger partial charge on any atom is -0.480 e. The lowest BCUT2D eigenvalue weighted by Gasteiger charge is -2.38. The van der Waals surface area contributed by atoms with E-state index in [0.717, 1.165) is 34.1 Å². The fourth-order valence-electron chi connectivity index (χ4n) is 4.08. The third-order valence-corrected chi connectivity index (χ3v) is 6.45. The van der Waals surface area contributed by atoms with E-state index < -0.39 is 0 Å². The molecule has 7 heteroatoms. The summed E-state index contributed by atoms with van der Waals surface area (Å²) < 4.78 is 8.48. The van der Waals surface area contributed by atoms with Crippen molar-refractivity contribution in [3.63, 3.8) is 0 Å². The lowest BCUT2D eigenvalue weighted by molar-refractivity contribution is 0.223. The van der Waals surface area contributed by atoms with E-state index in [1.54, 1.807) is 17.7 Å². The molecule has 4 heterocycles. The van der Waals surface area contributed by atoms with E-state index in [1.165, 1.54) is 4.88 Å². The van der Waals surface area contributed by atoms with Crippen molar-refractivity contribution in [3.05, 3.63) is 99.0 Å². The van der Waals surface area contributed by atoms with Gasteiger partial charge in [0.2, 0.25) is 5.95 Å². The number of nitrogens with zero attached hydrogens (tertiary/aromatic N) is 3. The van der Waals surface area contributed by atoms with E-state index >= 15 is 0 Å². The van der Waals surface area contributed by atoms with Gasteiger partial charge in [-0.2, -0.15) is 10.1 Å². The highest BCUT2D eigenvalue weighted by Crippen LogP contribution is 2.51. The Labute approximate surface area is 176 Å². The van der Waals surface area contributed by atoms with Crippen LogP contribution in [0.2, 0.25) is 5.02 Å². The first-order valence-electron chi connectivity index (χ1n) is 9.25. The minimum atomic E-state index is -0.296. The molecule has 29 heavy (non-hydrogen) atoms. The molecule has 0 unspecified atom stereocenters. The number of rotatable bonds is 2. The molecule has 0 bridgehead atoms. The van der Waals surface area contributed by atoms with Gasteiger partial charge in [0, 0.05) is 21.0 Å². The third-order valence-electron chi connectivity index (χ3n) is 5.29. The molecule has 0 aliphatic carbocycles. The summed E-state index contributed by atoms with van der Waals surface area (Å²) in [5.41, 5.74) is 4.16. The number of para-hydroxylation sites is 1. The number of anilines is 1. The van der Waals surface area contributed by atoms with Crippen LogP contribution in [0.4, 0.5) is 5.95 Å². The number of nitrogens with one attached hydrogen (secondary N) is 1. The normalized spacial score (nSPS) is 19.6. The van der Waals surface area contributed by atoms with Gasteiger partial charge in [0.1, 0.15) is 24.2 Å². The van der Waals surface area contributed by atoms with Crippen molar-refractivity contribution in [3.8, 4) is 5.75 Å². The number of hydrogen-bond acceptors (Lipinski definition) is 5. The van der Waals surface area contributed by atoms with Crippen molar-refractivity contribution in [1.29, 1.82) is 0 Å². The fourth-order valence-corrected chi connectivity index (χ4v) is 5.11. The molecule has 0 amide bonds. The molecular formula is C22H15ClN4OS. The van der Waals surface area contributed by atoms with Crippen LogP contribution in [0.15, 0.2) is 77.9 Å². The Morgan fingerprint density at radius 3 is 2.86 bits per heavy atom. The van der Waals surface area contributed by atoms with Gasteiger partial charge in [-0.15, -0.1) is 11.3 Å². The van der Waals surface area contributed by atoms with Crippen LogP contribution in [0.25, 0.3) is 5.70 Å². The average Bonchev–Trinajstić information content (AvgIpc) is 3.43. The van der Waals surface area contributed by atoms with Gasteiger partial charge < -0.3 is 10.1 Å². The summed E-state index contributed by atoms with van der Waals surface area (Å²) in [6.07, 6.45) is 1.29. The maximum atomic E-state index is 6.55. The summed E-state index contributed by atoms with van der Waals surface area (Å²) in [6.45, 7) is 0. The van der Waals surface area contributed by atoms with Gasteiger partial charge in [-0.05, 0) is 41.3 Å². The number of benzene rings is 2. The molecule has 5 nitrogen and oxygen atoms in total. The Morgan fingerprint density at radius 2 is 2.00 bits per heavy atom. The lowest BCUT2D eigenvalue weighted by atomic mass is 9.87.